The third-order valence-electron chi connectivity index (χ3n) is 2.93. The van der Waals surface area contributed by atoms with Crippen LogP contribution in [0.3, 0.4) is 0 Å². The molecule has 0 aromatic heterocycles. The highest BCUT2D eigenvalue weighted by Crippen LogP contribution is 2.10. The normalized spacial score (nSPS) is 12.0. The van der Waals surface area contributed by atoms with E-state index in [0.717, 1.165) is 12.8 Å². The second-order valence-electron chi connectivity index (χ2n) is 4.44. The van der Waals surface area contributed by atoms with Crippen molar-refractivity contribution in [2.75, 3.05) is 32.8 Å². The van der Waals surface area contributed by atoms with Gasteiger partial charge in [0.2, 0.25) is 0 Å². The van der Waals surface area contributed by atoms with Crippen molar-refractivity contribution in [1.29, 1.82) is 0 Å². The summed E-state index contributed by atoms with van der Waals surface area (Å²) in [5, 5.41) is 29.6. The summed E-state index contributed by atoms with van der Waals surface area (Å²) in [5.74, 6) is 0. The Bertz CT molecular complexity index is 147. The summed E-state index contributed by atoms with van der Waals surface area (Å²) < 4.78 is -0.444. The van der Waals surface area contributed by atoms with Crippen LogP contribution < -0.4 is 0 Å². The number of nitrogens with zero attached hydrogens (tertiary/aromatic N) is 1. The Kier molecular flexibility index (Phi) is 9.92. The van der Waals surface area contributed by atoms with E-state index in [1.54, 1.807) is 0 Å². The van der Waals surface area contributed by atoms with Gasteiger partial charge in [0.15, 0.2) is 0 Å². The van der Waals surface area contributed by atoms with Crippen LogP contribution in [0.1, 0.15) is 45.4 Å². The summed E-state index contributed by atoms with van der Waals surface area (Å²) in [5.41, 5.74) is 0. The van der Waals surface area contributed by atoms with Crippen LogP contribution in [0.4, 0.5) is 0 Å². The molecule has 0 fully saturated rings. The molecule has 4 nitrogen and oxygen atoms in total. The fourth-order valence-corrected chi connectivity index (χ4v) is 1.88. The Balaban J connectivity index is 3.59. The topological polar surface area (TPSA) is 63.5 Å². The fourth-order valence-electron chi connectivity index (χ4n) is 1.88. The zero-order chi connectivity index (χ0) is 12.3. The molecule has 0 amide bonds. The summed E-state index contributed by atoms with van der Waals surface area (Å²) in [4.78, 5) is 0. The number of rotatable bonds is 11. The van der Waals surface area contributed by atoms with E-state index in [2.05, 4.69) is 6.92 Å². The molecule has 0 radical (unpaired) electrons. The van der Waals surface area contributed by atoms with Crippen molar-refractivity contribution in [3.8, 4) is 0 Å². The van der Waals surface area contributed by atoms with Crippen LogP contribution in [0.25, 0.3) is 0 Å². The summed E-state index contributed by atoms with van der Waals surface area (Å²) in [6.07, 6.45) is 6.91. The molecular weight excluding hydrogens is 206 g/mol. The quantitative estimate of drug-likeness (QED) is 0.324. The standard InChI is InChI=1S/C12H27NO3/c1-2-3-4-5-6-7-8-13(16,9-11-14)10-12-15/h14-15H,2-12H2,1H3. The van der Waals surface area contributed by atoms with Crippen LogP contribution in [0.5, 0.6) is 0 Å². The maximum atomic E-state index is 12.0. The van der Waals surface area contributed by atoms with Crippen LogP contribution in [0.2, 0.25) is 0 Å². The Labute approximate surface area is 99.1 Å². The van der Waals surface area contributed by atoms with E-state index >= 15 is 0 Å². The van der Waals surface area contributed by atoms with Gasteiger partial charge in [-0.3, -0.25) is 0 Å². The van der Waals surface area contributed by atoms with Crippen LogP contribution >= 0.6 is 0 Å². The first-order valence-electron chi connectivity index (χ1n) is 6.47. The van der Waals surface area contributed by atoms with Crippen LogP contribution in [-0.2, 0) is 0 Å². The van der Waals surface area contributed by atoms with Gasteiger partial charge in [0.05, 0.1) is 19.8 Å². The lowest BCUT2D eigenvalue weighted by atomic mass is 10.1. The van der Waals surface area contributed by atoms with Crippen LogP contribution in [0, 0.1) is 5.21 Å². The molecule has 16 heavy (non-hydrogen) atoms. The highest BCUT2D eigenvalue weighted by molar-refractivity contribution is 4.48. The van der Waals surface area contributed by atoms with Gasteiger partial charge >= 0.3 is 0 Å². The number of aliphatic hydroxyl groups is 2. The lowest BCUT2D eigenvalue weighted by molar-refractivity contribution is -0.881. The lowest BCUT2D eigenvalue weighted by Crippen LogP contribution is -2.47. The number of hydrogen-bond donors (Lipinski definition) is 2. The fraction of sp³-hybridized carbons (Fsp3) is 1.00. The summed E-state index contributed by atoms with van der Waals surface area (Å²) >= 11 is 0. The van der Waals surface area contributed by atoms with E-state index in [4.69, 9.17) is 10.2 Å². The average molecular weight is 233 g/mol. The zero-order valence-corrected chi connectivity index (χ0v) is 10.5. The highest BCUT2D eigenvalue weighted by Gasteiger charge is 2.14. The molecule has 0 saturated carbocycles. The molecule has 0 bridgehead atoms. The molecule has 4 heteroatoms. The van der Waals surface area contributed by atoms with Gasteiger partial charge in [-0.15, -0.1) is 0 Å². The van der Waals surface area contributed by atoms with Gasteiger partial charge in [0, 0.05) is 0 Å². The van der Waals surface area contributed by atoms with E-state index in [-0.39, 0.29) is 26.3 Å². The van der Waals surface area contributed by atoms with Gasteiger partial charge in [-0.1, -0.05) is 32.6 Å². The number of unbranched alkanes of at least 4 members (excludes halogenated alkanes) is 5. The highest BCUT2D eigenvalue weighted by atomic mass is 16.5. The van der Waals surface area contributed by atoms with E-state index in [9.17, 15) is 5.21 Å². The SMILES string of the molecule is CCCCCCCC[N+]([O-])(CCO)CCO. The smallest absolute Gasteiger partial charge is 0.102 e. The average Bonchev–Trinajstić information content (AvgIpc) is 2.24. The van der Waals surface area contributed by atoms with E-state index < -0.39 is 4.65 Å². The molecule has 0 aliphatic carbocycles. The molecule has 0 aliphatic heterocycles. The van der Waals surface area contributed by atoms with Crippen molar-refractivity contribution >= 4 is 0 Å². The third kappa shape index (κ3) is 8.05. The molecule has 0 aliphatic rings. The molecule has 0 saturated heterocycles. The van der Waals surface area contributed by atoms with Crippen molar-refractivity contribution in [1.82, 2.24) is 0 Å². The van der Waals surface area contributed by atoms with E-state index in [1.807, 2.05) is 0 Å². The van der Waals surface area contributed by atoms with Crippen molar-refractivity contribution in [3.63, 3.8) is 0 Å². The first-order chi connectivity index (χ1) is 7.68. The first-order valence-corrected chi connectivity index (χ1v) is 6.47. The summed E-state index contributed by atoms with van der Waals surface area (Å²) in [7, 11) is 0. The lowest BCUT2D eigenvalue weighted by Gasteiger charge is -2.42. The largest absolute Gasteiger partial charge is 0.633 e. The molecule has 0 rings (SSSR count). The predicted molar refractivity (Wildman–Crippen MR) is 65.8 cm³/mol. The van der Waals surface area contributed by atoms with Gasteiger partial charge in [0.25, 0.3) is 0 Å². The maximum Gasteiger partial charge on any atom is 0.102 e. The zero-order valence-electron chi connectivity index (χ0n) is 10.5. The van der Waals surface area contributed by atoms with Crippen molar-refractivity contribution in [3.05, 3.63) is 5.21 Å². The number of hydrogen-bond acceptors (Lipinski definition) is 3. The maximum absolute atomic E-state index is 12.0. The van der Waals surface area contributed by atoms with Gasteiger partial charge in [-0.25, -0.2) is 0 Å². The van der Waals surface area contributed by atoms with Gasteiger partial charge in [0.1, 0.15) is 13.1 Å². The summed E-state index contributed by atoms with van der Waals surface area (Å²) in [6.45, 7) is 2.92. The molecule has 0 atom stereocenters. The molecule has 0 heterocycles. The Morgan fingerprint density at radius 3 is 1.81 bits per heavy atom. The van der Waals surface area contributed by atoms with Gasteiger partial charge in [-0.05, 0) is 12.8 Å². The molecule has 2 N–H and O–H groups in total. The Hall–Kier alpha value is -0.160. The van der Waals surface area contributed by atoms with Crippen molar-refractivity contribution < 1.29 is 14.9 Å². The van der Waals surface area contributed by atoms with E-state index in [1.165, 1.54) is 25.7 Å². The number of aliphatic hydroxyl groups excluding tert-OH is 2. The first kappa shape index (κ1) is 15.8. The Morgan fingerprint density at radius 1 is 0.812 bits per heavy atom. The minimum atomic E-state index is -0.444. The second kappa shape index (κ2) is 10.0. The Morgan fingerprint density at radius 2 is 1.31 bits per heavy atom. The van der Waals surface area contributed by atoms with Gasteiger partial charge < -0.3 is 20.1 Å². The molecule has 0 spiro atoms. The van der Waals surface area contributed by atoms with Crippen LogP contribution in [-0.4, -0.2) is 47.7 Å². The third-order valence-corrected chi connectivity index (χ3v) is 2.93. The number of quaternary nitrogens is 1. The van der Waals surface area contributed by atoms with E-state index in [0.29, 0.717) is 6.54 Å². The molecule has 98 valence electrons. The monoisotopic (exact) mass is 233 g/mol. The minimum Gasteiger partial charge on any atom is -0.633 e. The van der Waals surface area contributed by atoms with Crippen LogP contribution in [0.15, 0.2) is 0 Å². The molecule has 0 aromatic carbocycles. The molecular formula is C12H27NO3. The van der Waals surface area contributed by atoms with Crippen molar-refractivity contribution in [2.24, 2.45) is 0 Å². The van der Waals surface area contributed by atoms with Gasteiger partial charge in [-0.2, -0.15) is 0 Å². The molecule has 0 aromatic rings. The molecule has 0 unspecified atom stereocenters. The predicted octanol–water partition coefficient (Wildman–Crippen LogP) is 1.65. The second-order valence-corrected chi connectivity index (χ2v) is 4.44. The minimum absolute atomic E-state index is 0.0979. The summed E-state index contributed by atoms with van der Waals surface area (Å²) in [6, 6.07) is 0. The number of hydroxylamine groups is 3. The van der Waals surface area contributed by atoms with Crippen molar-refractivity contribution in [2.45, 2.75) is 45.4 Å².